The second-order valence-electron chi connectivity index (χ2n) is 2.27. The zero-order valence-electron chi connectivity index (χ0n) is 6.56. The van der Waals surface area contributed by atoms with Gasteiger partial charge in [-0.1, -0.05) is 34.8 Å². The Bertz CT molecular complexity index is 278. The number of aliphatic hydroxyl groups excluding tert-OH is 1. The average molecular weight is 242 g/mol. The lowest BCUT2D eigenvalue weighted by atomic mass is 10.3. The first-order valence-electron chi connectivity index (χ1n) is 3.53. The number of aliphatic hydroxyl groups is 1. The van der Waals surface area contributed by atoms with E-state index < -0.39 is 0 Å². The molecule has 1 N–H and O–H groups in total. The van der Waals surface area contributed by atoms with Crippen molar-refractivity contribution in [2.24, 2.45) is 0 Å². The Hall–Kier alpha value is -0.150. The molecule has 0 atom stereocenters. The lowest BCUT2D eigenvalue weighted by Crippen LogP contribution is -2.01. The molecule has 0 aliphatic rings. The molecule has 0 saturated heterocycles. The Balaban J connectivity index is 2.86. The predicted molar refractivity (Wildman–Crippen MR) is 54.1 cm³/mol. The Morgan fingerprint density at radius 1 is 1.15 bits per heavy atom. The maximum absolute atomic E-state index is 8.50. The molecule has 0 radical (unpaired) electrons. The van der Waals surface area contributed by atoms with Crippen LogP contribution in [0.25, 0.3) is 0 Å². The van der Waals surface area contributed by atoms with E-state index in [2.05, 4.69) is 0 Å². The monoisotopic (exact) mass is 240 g/mol. The average Bonchev–Trinajstić information content (AvgIpc) is 2.10. The van der Waals surface area contributed by atoms with Crippen LogP contribution in [0.2, 0.25) is 15.1 Å². The molecule has 0 amide bonds. The first kappa shape index (κ1) is 10.9. The second-order valence-corrected chi connectivity index (χ2v) is 3.47. The van der Waals surface area contributed by atoms with E-state index >= 15 is 0 Å². The first-order valence-corrected chi connectivity index (χ1v) is 4.66. The largest absolute Gasteiger partial charge is 0.491 e. The molecule has 0 saturated carbocycles. The van der Waals surface area contributed by atoms with E-state index in [0.29, 0.717) is 20.8 Å². The molecule has 72 valence electrons. The number of benzene rings is 1. The highest BCUT2D eigenvalue weighted by molar-refractivity contribution is 6.48. The van der Waals surface area contributed by atoms with Crippen molar-refractivity contribution >= 4 is 34.8 Å². The summed E-state index contributed by atoms with van der Waals surface area (Å²) in [5.74, 6) is 0.494. The van der Waals surface area contributed by atoms with Gasteiger partial charge in [0.1, 0.15) is 12.4 Å². The van der Waals surface area contributed by atoms with E-state index in [1.807, 2.05) is 0 Å². The van der Waals surface area contributed by atoms with Crippen LogP contribution in [0.4, 0.5) is 0 Å². The number of ether oxygens (including phenoxy) is 1. The van der Waals surface area contributed by atoms with Crippen molar-refractivity contribution in [1.82, 2.24) is 0 Å². The molecule has 0 aliphatic carbocycles. The van der Waals surface area contributed by atoms with E-state index in [4.69, 9.17) is 44.6 Å². The van der Waals surface area contributed by atoms with E-state index in [-0.39, 0.29) is 13.2 Å². The van der Waals surface area contributed by atoms with Gasteiger partial charge in [-0.2, -0.15) is 0 Å². The summed E-state index contributed by atoms with van der Waals surface area (Å²) in [6.07, 6.45) is 0. The minimum Gasteiger partial charge on any atom is -0.491 e. The molecule has 0 aromatic heterocycles. The highest BCUT2D eigenvalue weighted by atomic mass is 35.5. The van der Waals surface area contributed by atoms with Gasteiger partial charge in [0, 0.05) is 12.1 Å². The van der Waals surface area contributed by atoms with Crippen LogP contribution < -0.4 is 4.74 Å². The Kier molecular flexibility index (Phi) is 4.13. The number of hydrogen-bond donors (Lipinski definition) is 1. The van der Waals surface area contributed by atoms with Gasteiger partial charge in [-0.25, -0.2) is 0 Å². The Morgan fingerprint density at radius 2 is 1.69 bits per heavy atom. The molecule has 0 aliphatic heterocycles. The lowest BCUT2D eigenvalue weighted by molar-refractivity contribution is 0.201. The molecule has 2 nitrogen and oxygen atoms in total. The minimum absolute atomic E-state index is 0.0577. The van der Waals surface area contributed by atoms with Gasteiger partial charge in [0.2, 0.25) is 0 Å². The van der Waals surface area contributed by atoms with E-state index in [0.717, 1.165) is 0 Å². The molecule has 1 aromatic carbocycles. The number of halogens is 3. The summed E-state index contributed by atoms with van der Waals surface area (Å²) < 4.78 is 5.09. The summed E-state index contributed by atoms with van der Waals surface area (Å²) in [6.45, 7) is 0.145. The van der Waals surface area contributed by atoms with Crippen molar-refractivity contribution in [2.75, 3.05) is 13.2 Å². The molecular formula is C8H7Cl3O2. The topological polar surface area (TPSA) is 29.5 Å². The van der Waals surface area contributed by atoms with Gasteiger partial charge in [0.05, 0.1) is 21.7 Å². The summed E-state index contributed by atoms with van der Waals surface area (Å²) in [7, 11) is 0. The third-order valence-electron chi connectivity index (χ3n) is 1.32. The third-order valence-corrected chi connectivity index (χ3v) is 2.51. The molecule has 0 heterocycles. The van der Waals surface area contributed by atoms with Crippen LogP contribution in [0.3, 0.4) is 0 Å². The molecule has 0 unspecified atom stereocenters. The second kappa shape index (κ2) is 4.91. The van der Waals surface area contributed by atoms with Crippen molar-refractivity contribution < 1.29 is 9.84 Å². The number of rotatable bonds is 3. The van der Waals surface area contributed by atoms with Crippen molar-refractivity contribution in [2.45, 2.75) is 0 Å². The zero-order chi connectivity index (χ0) is 9.84. The summed E-state index contributed by atoms with van der Waals surface area (Å²) in [6, 6.07) is 3.09. The van der Waals surface area contributed by atoms with E-state index in [1.54, 1.807) is 12.1 Å². The van der Waals surface area contributed by atoms with Crippen LogP contribution in [0.15, 0.2) is 12.1 Å². The zero-order valence-corrected chi connectivity index (χ0v) is 8.83. The van der Waals surface area contributed by atoms with Gasteiger partial charge in [0.25, 0.3) is 0 Å². The molecule has 0 fully saturated rings. The SMILES string of the molecule is OCCOc1cc(Cl)c(Cl)c(Cl)c1. The molecule has 1 rings (SSSR count). The van der Waals surface area contributed by atoms with Gasteiger partial charge in [0.15, 0.2) is 0 Å². The normalized spacial score (nSPS) is 10.2. The van der Waals surface area contributed by atoms with Crippen LogP contribution >= 0.6 is 34.8 Å². The van der Waals surface area contributed by atoms with Crippen LogP contribution in [0.5, 0.6) is 5.75 Å². The van der Waals surface area contributed by atoms with Crippen LogP contribution in [-0.4, -0.2) is 18.3 Å². The fourth-order valence-corrected chi connectivity index (χ4v) is 1.36. The first-order chi connectivity index (χ1) is 6.15. The standard InChI is InChI=1S/C8H7Cl3O2/c9-6-3-5(13-2-1-12)4-7(10)8(6)11/h3-4,12H,1-2H2. The molecular weight excluding hydrogens is 234 g/mol. The molecule has 0 spiro atoms. The molecule has 1 aromatic rings. The van der Waals surface area contributed by atoms with Gasteiger partial charge in [-0.15, -0.1) is 0 Å². The summed E-state index contributed by atoms with van der Waals surface area (Å²) in [5.41, 5.74) is 0. The maximum atomic E-state index is 8.50. The quantitative estimate of drug-likeness (QED) is 0.824. The van der Waals surface area contributed by atoms with E-state index in [9.17, 15) is 0 Å². The van der Waals surface area contributed by atoms with Gasteiger partial charge < -0.3 is 9.84 Å². The lowest BCUT2D eigenvalue weighted by Gasteiger charge is -2.06. The van der Waals surface area contributed by atoms with Crippen molar-refractivity contribution in [3.8, 4) is 5.75 Å². The molecule has 0 bridgehead atoms. The highest BCUT2D eigenvalue weighted by Gasteiger charge is 2.06. The summed E-state index contributed by atoms with van der Waals surface area (Å²) >= 11 is 17.2. The van der Waals surface area contributed by atoms with Crippen LogP contribution in [0.1, 0.15) is 0 Å². The minimum atomic E-state index is -0.0577. The van der Waals surface area contributed by atoms with Crippen molar-refractivity contribution in [1.29, 1.82) is 0 Å². The third kappa shape index (κ3) is 2.92. The van der Waals surface area contributed by atoms with Gasteiger partial charge in [-0.05, 0) is 0 Å². The fraction of sp³-hybridized carbons (Fsp3) is 0.250. The van der Waals surface area contributed by atoms with Gasteiger partial charge >= 0.3 is 0 Å². The maximum Gasteiger partial charge on any atom is 0.122 e. The Labute approximate surface area is 91.0 Å². The van der Waals surface area contributed by atoms with Crippen molar-refractivity contribution in [3.05, 3.63) is 27.2 Å². The smallest absolute Gasteiger partial charge is 0.122 e. The van der Waals surface area contributed by atoms with E-state index in [1.165, 1.54) is 0 Å². The highest BCUT2D eigenvalue weighted by Crippen LogP contribution is 2.33. The molecule has 5 heteroatoms. The van der Waals surface area contributed by atoms with Crippen LogP contribution in [-0.2, 0) is 0 Å². The molecule has 13 heavy (non-hydrogen) atoms. The fourth-order valence-electron chi connectivity index (χ4n) is 0.779. The Morgan fingerprint density at radius 3 is 2.15 bits per heavy atom. The summed E-state index contributed by atoms with van der Waals surface area (Å²) in [5, 5.41) is 9.48. The van der Waals surface area contributed by atoms with Crippen molar-refractivity contribution in [3.63, 3.8) is 0 Å². The number of hydrogen-bond acceptors (Lipinski definition) is 2. The summed E-state index contributed by atoms with van der Waals surface area (Å²) in [4.78, 5) is 0. The van der Waals surface area contributed by atoms with Gasteiger partial charge in [-0.3, -0.25) is 0 Å². The van der Waals surface area contributed by atoms with Crippen LogP contribution in [0, 0.1) is 0 Å². The predicted octanol–water partition coefficient (Wildman–Crippen LogP) is 3.02.